The summed E-state index contributed by atoms with van der Waals surface area (Å²) in [6.45, 7) is 6.92. The lowest BCUT2D eigenvalue weighted by Gasteiger charge is -2.27. The molecule has 1 rings (SSSR count). The summed E-state index contributed by atoms with van der Waals surface area (Å²) in [5.41, 5.74) is 1.63. The number of allylic oxidation sites excluding steroid dienone is 1. The predicted molar refractivity (Wildman–Crippen MR) is 60.8 cm³/mol. The quantitative estimate of drug-likeness (QED) is 0.615. The molecule has 3 nitrogen and oxygen atoms in total. The fourth-order valence-electron chi connectivity index (χ4n) is 1.30. The molecule has 0 bridgehead atoms. The zero-order chi connectivity index (χ0) is 11.7. The molecule has 0 saturated heterocycles. The third-order valence-electron chi connectivity index (χ3n) is 2.64. The minimum absolute atomic E-state index is 0.580. The minimum Gasteiger partial charge on any atom is -0.324 e. The number of hydrogen-bond donors (Lipinski definition) is 2. The zero-order valence-electron chi connectivity index (χ0n) is 8.84. The van der Waals surface area contributed by atoms with E-state index in [1.54, 1.807) is 12.1 Å². The van der Waals surface area contributed by atoms with E-state index >= 15 is 0 Å². The molecule has 0 aliphatic heterocycles. The SMILES string of the molecule is C=CC(C)(c1ccc(C)cc1)P(=O)(O)O. The maximum atomic E-state index is 11.4. The van der Waals surface area contributed by atoms with Crippen LogP contribution >= 0.6 is 7.60 Å². The first-order chi connectivity index (χ1) is 6.81. The van der Waals surface area contributed by atoms with Crippen LogP contribution in [0.2, 0.25) is 0 Å². The van der Waals surface area contributed by atoms with Crippen molar-refractivity contribution in [2.75, 3.05) is 0 Å². The van der Waals surface area contributed by atoms with E-state index in [1.807, 2.05) is 19.1 Å². The highest BCUT2D eigenvalue weighted by Gasteiger charge is 2.41. The molecule has 0 aromatic heterocycles. The van der Waals surface area contributed by atoms with Crippen LogP contribution in [0.15, 0.2) is 36.9 Å². The van der Waals surface area contributed by atoms with Crippen molar-refractivity contribution in [1.29, 1.82) is 0 Å². The molecular weight excluding hydrogens is 211 g/mol. The zero-order valence-corrected chi connectivity index (χ0v) is 9.74. The Morgan fingerprint density at radius 1 is 1.33 bits per heavy atom. The second kappa shape index (κ2) is 3.93. The van der Waals surface area contributed by atoms with Crippen molar-refractivity contribution in [3.63, 3.8) is 0 Å². The molecule has 1 atom stereocenters. The third kappa shape index (κ3) is 2.20. The van der Waals surface area contributed by atoms with E-state index in [1.165, 1.54) is 13.0 Å². The number of hydrogen-bond acceptors (Lipinski definition) is 1. The molecule has 0 spiro atoms. The molecule has 1 aromatic rings. The number of rotatable bonds is 3. The Kier molecular flexibility index (Phi) is 3.19. The predicted octanol–water partition coefficient (Wildman–Crippen LogP) is 2.57. The van der Waals surface area contributed by atoms with Crippen molar-refractivity contribution in [1.82, 2.24) is 0 Å². The molecule has 1 unspecified atom stereocenters. The molecule has 2 N–H and O–H groups in total. The number of aryl methyl sites for hydroxylation is 1. The van der Waals surface area contributed by atoms with E-state index < -0.39 is 12.8 Å². The molecular formula is C11H15O3P. The normalized spacial score (nSPS) is 15.7. The van der Waals surface area contributed by atoms with Gasteiger partial charge in [0, 0.05) is 0 Å². The summed E-state index contributed by atoms with van der Waals surface area (Å²) >= 11 is 0. The highest BCUT2D eigenvalue weighted by Crippen LogP contribution is 2.57. The molecule has 0 amide bonds. The largest absolute Gasteiger partial charge is 0.339 e. The maximum absolute atomic E-state index is 11.4. The van der Waals surface area contributed by atoms with E-state index in [0.29, 0.717) is 5.56 Å². The third-order valence-corrected chi connectivity index (χ3v) is 4.29. The van der Waals surface area contributed by atoms with E-state index in [4.69, 9.17) is 0 Å². The van der Waals surface area contributed by atoms with Gasteiger partial charge in [0.2, 0.25) is 0 Å². The molecule has 0 heterocycles. The van der Waals surface area contributed by atoms with Crippen LogP contribution in [0.4, 0.5) is 0 Å². The monoisotopic (exact) mass is 226 g/mol. The van der Waals surface area contributed by atoms with Crippen LogP contribution < -0.4 is 0 Å². The summed E-state index contributed by atoms with van der Waals surface area (Å²) in [6.07, 6.45) is 1.30. The first-order valence-corrected chi connectivity index (χ1v) is 6.19. The van der Waals surface area contributed by atoms with Crippen molar-refractivity contribution in [2.45, 2.75) is 19.0 Å². The van der Waals surface area contributed by atoms with Gasteiger partial charge in [0.25, 0.3) is 0 Å². The second-order valence-corrected chi connectivity index (χ2v) is 5.78. The molecule has 15 heavy (non-hydrogen) atoms. The summed E-state index contributed by atoms with van der Waals surface area (Å²) in [6, 6.07) is 7.09. The Balaban J connectivity index is 3.30. The molecule has 0 radical (unpaired) electrons. The highest BCUT2D eigenvalue weighted by molar-refractivity contribution is 7.53. The molecule has 4 heteroatoms. The average Bonchev–Trinajstić information content (AvgIpc) is 2.16. The second-order valence-electron chi connectivity index (χ2n) is 3.76. The minimum atomic E-state index is -4.24. The van der Waals surface area contributed by atoms with Crippen LogP contribution in [0, 0.1) is 6.92 Å². The number of benzene rings is 1. The fourth-order valence-corrected chi connectivity index (χ4v) is 2.02. The molecule has 0 aliphatic carbocycles. The van der Waals surface area contributed by atoms with Gasteiger partial charge in [-0.3, -0.25) is 4.57 Å². The maximum Gasteiger partial charge on any atom is 0.339 e. The van der Waals surface area contributed by atoms with Crippen LogP contribution in [0.5, 0.6) is 0 Å². The van der Waals surface area contributed by atoms with Gasteiger partial charge < -0.3 is 9.79 Å². The Bertz CT molecular complexity index is 404. The average molecular weight is 226 g/mol. The van der Waals surface area contributed by atoms with Crippen LogP contribution in [-0.2, 0) is 9.72 Å². The molecule has 0 fully saturated rings. The lowest BCUT2D eigenvalue weighted by Crippen LogP contribution is -2.18. The Labute approximate surface area is 89.6 Å². The molecule has 1 aromatic carbocycles. The summed E-state index contributed by atoms with van der Waals surface area (Å²) in [5, 5.41) is -1.30. The van der Waals surface area contributed by atoms with Crippen molar-refractivity contribution < 1.29 is 14.4 Å². The van der Waals surface area contributed by atoms with Crippen LogP contribution in [0.25, 0.3) is 0 Å². The standard InChI is InChI=1S/C11H15O3P/c1-4-11(3,15(12,13)14)10-7-5-9(2)6-8-10/h4-8H,1H2,2-3H3,(H2,12,13,14). The lowest BCUT2D eigenvalue weighted by molar-refractivity contribution is 0.346. The Morgan fingerprint density at radius 3 is 2.13 bits per heavy atom. The van der Waals surface area contributed by atoms with Crippen molar-refractivity contribution in [3.8, 4) is 0 Å². The topological polar surface area (TPSA) is 57.5 Å². The molecule has 82 valence electrons. The van der Waals surface area contributed by atoms with Crippen LogP contribution in [-0.4, -0.2) is 9.79 Å². The van der Waals surface area contributed by atoms with E-state index in [2.05, 4.69) is 6.58 Å². The highest BCUT2D eigenvalue weighted by atomic mass is 31.2. The van der Waals surface area contributed by atoms with Gasteiger partial charge in [0.05, 0.1) is 0 Å². The van der Waals surface area contributed by atoms with Crippen LogP contribution in [0.1, 0.15) is 18.1 Å². The van der Waals surface area contributed by atoms with E-state index in [9.17, 15) is 14.4 Å². The van der Waals surface area contributed by atoms with Gasteiger partial charge in [0.1, 0.15) is 5.16 Å². The van der Waals surface area contributed by atoms with Gasteiger partial charge in [-0.2, -0.15) is 0 Å². The summed E-state index contributed by atoms with van der Waals surface area (Å²) in [7, 11) is -4.24. The van der Waals surface area contributed by atoms with E-state index in [-0.39, 0.29) is 0 Å². The van der Waals surface area contributed by atoms with E-state index in [0.717, 1.165) is 5.56 Å². The molecule has 0 aliphatic rings. The first kappa shape index (κ1) is 12.2. The van der Waals surface area contributed by atoms with Gasteiger partial charge in [-0.15, -0.1) is 6.58 Å². The lowest BCUT2D eigenvalue weighted by atomic mass is 9.99. The van der Waals surface area contributed by atoms with Gasteiger partial charge in [-0.1, -0.05) is 35.9 Å². The van der Waals surface area contributed by atoms with Crippen molar-refractivity contribution in [3.05, 3.63) is 48.0 Å². The van der Waals surface area contributed by atoms with Gasteiger partial charge >= 0.3 is 7.60 Å². The Morgan fingerprint density at radius 2 is 1.80 bits per heavy atom. The Hall–Kier alpha value is -0.890. The smallest absolute Gasteiger partial charge is 0.324 e. The van der Waals surface area contributed by atoms with Crippen molar-refractivity contribution >= 4 is 7.60 Å². The summed E-state index contributed by atoms with van der Waals surface area (Å²) < 4.78 is 11.4. The van der Waals surface area contributed by atoms with Gasteiger partial charge in [-0.25, -0.2) is 0 Å². The fraction of sp³-hybridized carbons (Fsp3) is 0.273. The summed E-state index contributed by atoms with van der Waals surface area (Å²) in [4.78, 5) is 18.6. The first-order valence-electron chi connectivity index (χ1n) is 4.57. The van der Waals surface area contributed by atoms with Gasteiger partial charge in [0.15, 0.2) is 0 Å². The molecule has 0 saturated carbocycles. The summed E-state index contributed by atoms with van der Waals surface area (Å²) in [5.74, 6) is 0. The van der Waals surface area contributed by atoms with Crippen LogP contribution in [0.3, 0.4) is 0 Å². The van der Waals surface area contributed by atoms with Gasteiger partial charge in [-0.05, 0) is 19.4 Å². The van der Waals surface area contributed by atoms with Crippen molar-refractivity contribution in [2.24, 2.45) is 0 Å².